The van der Waals surface area contributed by atoms with Gasteiger partial charge in [-0.3, -0.25) is 9.69 Å². The summed E-state index contributed by atoms with van der Waals surface area (Å²) in [5.41, 5.74) is 1.09. The van der Waals surface area contributed by atoms with Gasteiger partial charge in [-0.25, -0.2) is 0 Å². The number of carboxylic acid groups (broad SMARTS) is 1. The Morgan fingerprint density at radius 2 is 1.88 bits per heavy atom. The maximum atomic E-state index is 11.8. The summed E-state index contributed by atoms with van der Waals surface area (Å²) in [5, 5.41) is 9.68. The van der Waals surface area contributed by atoms with E-state index in [1.54, 1.807) is 0 Å². The van der Waals surface area contributed by atoms with Crippen LogP contribution in [0.25, 0.3) is 0 Å². The van der Waals surface area contributed by atoms with Gasteiger partial charge in [0, 0.05) is 12.6 Å². The number of likely N-dealkylation sites (tertiary alicyclic amines) is 1. The van der Waals surface area contributed by atoms with Crippen molar-refractivity contribution in [3.8, 4) is 11.5 Å². The van der Waals surface area contributed by atoms with E-state index in [9.17, 15) is 9.90 Å². The van der Waals surface area contributed by atoms with E-state index in [-0.39, 0.29) is 6.04 Å². The van der Waals surface area contributed by atoms with Crippen molar-refractivity contribution < 1.29 is 19.4 Å². The monoisotopic (exact) mass is 347 g/mol. The molecule has 1 N–H and O–H groups in total. The number of rotatable bonds is 7. The lowest BCUT2D eigenvalue weighted by Crippen LogP contribution is -2.41. The molecule has 0 aromatic heterocycles. The quantitative estimate of drug-likeness (QED) is 0.815. The van der Waals surface area contributed by atoms with Gasteiger partial charge < -0.3 is 14.6 Å². The van der Waals surface area contributed by atoms with E-state index in [4.69, 9.17) is 9.47 Å². The average molecular weight is 347 g/mol. The van der Waals surface area contributed by atoms with Crippen LogP contribution in [0.5, 0.6) is 11.5 Å². The molecule has 1 heterocycles. The maximum absolute atomic E-state index is 11.8. The van der Waals surface area contributed by atoms with Gasteiger partial charge in [-0.05, 0) is 56.7 Å². The minimum Gasteiger partial charge on any atom is -0.490 e. The Morgan fingerprint density at radius 3 is 2.60 bits per heavy atom. The van der Waals surface area contributed by atoms with Crippen molar-refractivity contribution in [1.29, 1.82) is 0 Å². The van der Waals surface area contributed by atoms with Crippen molar-refractivity contribution >= 4 is 5.97 Å². The maximum Gasteiger partial charge on any atom is 0.320 e. The lowest BCUT2D eigenvalue weighted by Gasteiger charge is -2.33. The SMILES string of the molecule is CCOc1ccc(CN2C(C(=O)O)CC3CCCCC32)cc1OCC. The third-order valence-electron chi connectivity index (χ3n) is 5.48. The second kappa shape index (κ2) is 8.09. The van der Waals surface area contributed by atoms with Crippen molar-refractivity contribution in [3.05, 3.63) is 23.8 Å². The summed E-state index contributed by atoms with van der Waals surface area (Å²) in [6, 6.07) is 6.01. The topological polar surface area (TPSA) is 59.0 Å². The molecule has 1 aliphatic carbocycles. The highest BCUT2D eigenvalue weighted by atomic mass is 16.5. The van der Waals surface area contributed by atoms with Crippen molar-refractivity contribution in [2.45, 2.75) is 64.6 Å². The van der Waals surface area contributed by atoms with Gasteiger partial charge in [0.2, 0.25) is 0 Å². The van der Waals surface area contributed by atoms with E-state index < -0.39 is 5.97 Å². The van der Waals surface area contributed by atoms with Crippen molar-refractivity contribution in [1.82, 2.24) is 4.90 Å². The number of carbonyl (C=O) groups is 1. The summed E-state index contributed by atoms with van der Waals surface area (Å²) in [5.74, 6) is 1.34. The molecule has 1 aromatic rings. The normalized spacial score (nSPS) is 26.2. The molecule has 5 heteroatoms. The highest BCUT2D eigenvalue weighted by Gasteiger charge is 2.44. The number of hydrogen-bond donors (Lipinski definition) is 1. The van der Waals surface area contributed by atoms with Crippen molar-refractivity contribution in [2.24, 2.45) is 5.92 Å². The zero-order chi connectivity index (χ0) is 17.8. The van der Waals surface area contributed by atoms with E-state index in [1.807, 2.05) is 32.0 Å². The molecule has 1 saturated heterocycles. The first kappa shape index (κ1) is 18.1. The first-order valence-electron chi connectivity index (χ1n) is 9.51. The second-order valence-electron chi connectivity index (χ2n) is 7.02. The second-order valence-corrected chi connectivity index (χ2v) is 7.02. The molecular formula is C20H29NO4. The number of carboxylic acids is 1. The molecule has 25 heavy (non-hydrogen) atoms. The van der Waals surface area contributed by atoms with Crippen molar-refractivity contribution in [3.63, 3.8) is 0 Å². The fourth-order valence-corrected chi connectivity index (χ4v) is 4.43. The van der Waals surface area contributed by atoms with Crippen LogP contribution in [0, 0.1) is 5.92 Å². The van der Waals surface area contributed by atoms with Gasteiger partial charge in [-0.15, -0.1) is 0 Å². The molecule has 1 aliphatic heterocycles. The summed E-state index contributed by atoms with van der Waals surface area (Å²) >= 11 is 0. The van der Waals surface area contributed by atoms with Crippen LogP contribution in [0.4, 0.5) is 0 Å². The van der Waals surface area contributed by atoms with E-state index >= 15 is 0 Å². The number of benzene rings is 1. The molecule has 2 aliphatic rings. The van der Waals surface area contributed by atoms with E-state index in [1.165, 1.54) is 19.3 Å². The number of hydrogen-bond acceptors (Lipinski definition) is 4. The summed E-state index contributed by atoms with van der Waals surface area (Å²) in [6.45, 7) is 5.74. The fourth-order valence-electron chi connectivity index (χ4n) is 4.43. The minimum absolute atomic E-state index is 0.366. The Balaban J connectivity index is 1.81. The molecule has 3 unspecified atom stereocenters. The zero-order valence-corrected chi connectivity index (χ0v) is 15.2. The number of fused-ring (bicyclic) bond motifs is 1. The molecule has 0 radical (unpaired) electrons. The van der Waals surface area contributed by atoms with Crippen LogP contribution < -0.4 is 9.47 Å². The Kier molecular flexibility index (Phi) is 5.84. The smallest absolute Gasteiger partial charge is 0.320 e. The van der Waals surface area contributed by atoms with E-state index in [0.717, 1.165) is 29.9 Å². The van der Waals surface area contributed by atoms with Gasteiger partial charge in [0.1, 0.15) is 6.04 Å². The van der Waals surface area contributed by atoms with Crippen LogP contribution in [-0.2, 0) is 11.3 Å². The van der Waals surface area contributed by atoms with Crippen molar-refractivity contribution in [2.75, 3.05) is 13.2 Å². The van der Waals surface area contributed by atoms with Crippen LogP contribution in [0.3, 0.4) is 0 Å². The van der Waals surface area contributed by atoms with Crippen LogP contribution in [0.2, 0.25) is 0 Å². The first-order valence-corrected chi connectivity index (χ1v) is 9.51. The summed E-state index contributed by atoms with van der Waals surface area (Å²) in [6.07, 6.45) is 5.51. The molecule has 3 atom stereocenters. The molecule has 0 spiro atoms. The van der Waals surface area contributed by atoms with Gasteiger partial charge in [0.25, 0.3) is 0 Å². The summed E-state index contributed by atoms with van der Waals surface area (Å²) < 4.78 is 11.3. The molecule has 3 rings (SSSR count). The number of aliphatic carboxylic acids is 1. The Morgan fingerprint density at radius 1 is 1.16 bits per heavy atom. The summed E-state index contributed by atoms with van der Waals surface area (Å²) in [4.78, 5) is 14.0. The summed E-state index contributed by atoms with van der Waals surface area (Å²) in [7, 11) is 0. The van der Waals surface area contributed by atoms with Crippen LogP contribution >= 0.6 is 0 Å². The predicted molar refractivity (Wildman–Crippen MR) is 96.1 cm³/mol. The highest BCUT2D eigenvalue weighted by Crippen LogP contribution is 2.41. The van der Waals surface area contributed by atoms with Crippen LogP contribution in [-0.4, -0.2) is 41.3 Å². The molecule has 1 aromatic carbocycles. The van der Waals surface area contributed by atoms with Gasteiger partial charge in [-0.1, -0.05) is 18.9 Å². The van der Waals surface area contributed by atoms with E-state index in [2.05, 4.69) is 4.90 Å². The molecule has 1 saturated carbocycles. The Hall–Kier alpha value is -1.75. The van der Waals surface area contributed by atoms with Gasteiger partial charge >= 0.3 is 5.97 Å². The molecule has 2 fully saturated rings. The third-order valence-corrected chi connectivity index (χ3v) is 5.48. The highest BCUT2D eigenvalue weighted by molar-refractivity contribution is 5.74. The minimum atomic E-state index is -0.689. The molecule has 0 bridgehead atoms. The Bertz CT molecular complexity index is 603. The van der Waals surface area contributed by atoms with Gasteiger partial charge in [0.15, 0.2) is 11.5 Å². The lowest BCUT2D eigenvalue weighted by molar-refractivity contribution is -0.142. The van der Waals surface area contributed by atoms with Gasteiger partial charge in [-0.2, -0.15) is 0 Å². The Labute approximate surface area is 149 Å². The lowest BCUT2D eigenvalue weighted by atomic mass is 9.84. The standard InChI is InChI=1S/C20H29NO4/c1-3-24-18-10-9-14(11-19(18)25-4-2)13-21-16-8-6-5-7-15(16)12-17(21)20(22)23/h9-11,15-17H,3-8,12-13H2,1-2H3,(H,22,23). The van der Waals surface area contributed by atoms with Gasteiger partial charge in [0.05, 0.1) is 13.2 Å². The van der Waals surface area contributed by atoms with Crippen LogP contribution in [0.15, 0.2) is 18.2 Å². The molecule has 5 nitrogen and oxygen atoms in total. The predicted octanol–water partition coefficient (Wildman–Crippen LogP) is 3.70. The zero-order valence-electron chi connectivity index (χ0n) is 15.2. The van der Waals surface area contributed by atoms with Crippen LogP contribution in [0.1, 0.15) is 51.5 Å². The van der Waals surface area contributed by atoms with E-state index in [0.29, 0.717) is 31.7 Å². The first-order chi connectivity index (χ1) is 12.1. The number of ether oxygens (including phenoxy) is 2. The number of nitrogens with zero attached hydrogens (tertiary/aromatic N) is 1. The molecular weight excluding hydrogens is 318 g/mol. The third kappa shape index (κ3) is 3.92. The fraction of sp³-hybridized carbons (Fsp3) is 0.650. The molecule has 138 valence electrons. The molecule has 0 amide bonds. The average Bonchev–Trinajstić information content (AvgIpc) is 2.97. The largest absolute Gasteiger partial charge is 0.490 e.